The summed E-state index contributed by atoms with van der Waals surface area (Å²) in [6.07, 6.45) is 0.575. The quantitative estimate of drug-likeness (QED) is 0.357. The number of carbonyl (C=O) groups is 1. The van der Waals surface area contributed by atoms with Crippen LogP contribution in [-0.2, 0) is 6.42 Å². The van der Waals surface area contributed by atoms with E-state index < -0.39 is 23.3 Å². The zero-order valence-electron chi connectivity index (χ0n) is 15.3. The van der Waals surface area contributed by atoms with Crippen molar-refractivity contribution in [1.29, 1.82) is 0 Å². The summed E-state index contributed by atoms with van der Waals surface area (Å²) < 4.78 is 11.1. The topological polar surface area (TPSA) is 120 Å². The number of carbonyl (C=O) groups excluding carboxylic acids is 1. The van der Waals surface area contributed by atoms with Crippen molar-refractivity contribution >= 4 is 11.7 Å². The van der Waals surface area contributed by atoms with Gasteiger partial charge >= 0.3 is 6.03 Å². The largest absolute Gasteiger partial charge is 0.504 e. The lowest BCUT2D eigenvalue weighted by molar-refractivity contribution is 0.252. The van der Waals surface area contributed by atoms with Crippen LogP contribution in [-0.4, -0.2) is 41.1 Å². The number of anilines is 1. The number of phenolic OH excluding ortho intramolecular Hbond substituents is 3. The molecule has 2 aromatic carbocycles. The zero-order valence-corrected chi connectivity index (χ0v) is 15.3. The van der Waals surface area contributed by atoms with Crippen molar-refractivity contribution in [3.8, 4) is 28.7 Å². The van der Waals surface area contributed by atoms with Gasteiger partial charge in [-0.25, -0.2) is 4.79 Å². The normalized spacial score (nSPS) is 10.3. The van der Waals surface area contributed by atoms with E-state index in [0.29, 0.717) is 37.7 Å². The van der Waals surface area contributed by atoms with E-state index in [4.69, 9.17) is 9.47 Å². The number of aromatic hydroxyl groups is 3. The van der Waals surface area contributed by atoms with Crippen molar-refractivity contribution in [2.24, 2.45) is 0 Å². The lowest BCUT2D eigenvalue weighted by Crippen LogP contribution is -2.30. The second kappa shape index (κ2) is 9.42. The van der Waals surface area contributed by atoms with E-state index in [9.17, 15) is 20.1 Å². The molecule has 27 heavy (non-hydrogen) atoms. The van der Waals surface area contributed by atoms with Crippen molar-refractivity contribution in [2.45, 2.75) is 20.3 Å². The lowest BCUT2D eigenvalue weighted by Gasteiger charge is -2.13. The van der Waals surface area contributed by atoms with Crippen LogP contribution in [0.25, 0.3) is 0 Å². The summed E-state index contributed by atoms with van der Waals surface area (Å²) in [4.78, 5) is 11.9. The molecule has 5 N–H and O–H groups in total. The molecule has 8 heteroatoms. The Morgan fingerprint density at radius 1 is 0.963 bits per heavy atom. The third-order valence-electron chi connectivity index (χ3n) is 3.63. The van der Waals surface area contributed by atoms with Gasteiger partial charge in [0, 0.05) is 18.7 Å². The van der Waals surface area contributed by atoms with Crippen molar-refractivity contribution in [1.82, 2.24) is 5.32 Å². The molecule has 0 aliphatic rings. The molecule has 0 aliphatic carbocycles. The molecule has 0 spiro atoms. The van der Waals surface area contributed by atoms with Gasteiger partial charge in [0.1, 0.15) is 0 Å². The number of nitrogens with one attached hydrogen (secondary N) is 2. The first-order valence-electron chi connectivity index (χ1n) is 8.62. The Bertz CT molecular complexity index is 771. The number of ether oxygens (including phenoxy) is 2. The molecule has 8 nitrogen and oxygen atoms in total. The number of urea groups is 1. The molecule has 0 atom stereocenters. The molecular weight excluding hydrogens is 352 g/mol. The molecule has 0 fully saturated rings. The second-order valence-corrected chi connectivity index (χ2v) is 5.64. The standard InChI is InChI=1S/C19H24N2O6/c1-3-26-16-6-5-12(9-17(16)27-4-2)7-8-20-19(25)21-13-10-14(22)18(24)15(23)11-13/h5-6,9-11,22-24H,3-4,7-8H2,1-2H3,(H2,20,21,25). The molecule has 2 rings (SSSR count). The van der Waals surface area contributed by atoms with Crippen LogP contribution in [0.3, 0.4) is 0 Å². The fourth-order valence-corrected chi connectivity index (χ4v) is 2.42. The third kappa shape index (κ3) is 5.60. The first kappa shape index (κ1) is 20.0. The average molecular weight is 376 g/mol. The van der Waals surface area contributed by atoms with Gasteiger partial charge in [0.2, 0.25) is 0 Å². The van der Waals surface area contributed by atoms with Crippen LogP contribution in [0, 0.1) is 0 Å². The van der Waals surface area contributed by atoms with Gasteiger partial charge < -0.3 is 35.4 Å². The Kier molecular flexibility index (Phi) is 6.99. The summed E-state index contributed by atoms with van der Waals surface area (Å²) in [5, 5.41) is 33.3. The zero-order chi connectivity index (χ0) is 19.8. The Morgan fingerprint density at radius 3 is 2.22 bits per heavy atom. The van der Waals surface area contributed by atoms with Gasteiger partial charge in [-0.15, -0.1) is 0 Å². The molecule has 0 aromatic heterocycles. The van der Waals surface area contributed by atoms with Gasteiger partial charge in [-0.2, -0.15) is 0 Å². The second-order valence-electron chi connectivity index (χ2n) is 5.64. The highest BCUT2D eigenvalue weighted by Gasteiger charge is 2.10. The summed E-state index contributed by atoms with van der Waals surface area (Å²) in [6.45, 7) is 5.23. The van der Waals surface area contributed by atoms with E-state index in [1.54, 1.807) is 0 Å². The van der Waals surface area contributed by atoms with Gasteiger partial charge in [0.15, 0.2) is 28.7 Å². The maximum absolute atomic E-state index is 11.9. The van der Waals surface area contributed by atoms with Crippen LogP contribution in [0.4, 0.5) is 10.5 Å². The summed E-state index contributed by atoms with van der Waals surface area (Å²) in [5.74, 6) is -0.343. The maximum atomic E-state index is 11.9. The lowest BCUT2D eigenvalue weighted by atomic mass is 10.1. The molecule has 0 aliphatic heterocycles. The molecule has 0 saturated carbocycles. The van der Waals surface area contributed by atoms with Crippen molar-refractivity contribution in [3.05, 3.63) is 35.9 Å². The number of rotatable bonds is 8. The van der Waals surface area contributed by atoms with Crippen LogP contribution in [0.1, 0.15) is 19.4 Å². The highest BCUT2D eigenvalue weighted by Crippen LogP contribution is 2.37. The van der Waals surface area contributed by atoms with E-state index in [2.05, 4.69) is 10.6 Å². The van der Waals surface area contributed by atoms with Crippen LogP contribution in [0.5, 0.6) is 28.7 Å². The molecule has 0 bridgehead atoms. The molecule has 2 amide bonds. The van der Waals surface area contributed by atoms with E-state index in [-0.39, 0.29) is 5.69 Å². The first-order chi connectivity index (χ1) is 12.9. The maximum Gasteiger partial charge on any atom is 0.319 e. The fourth-order valence-electron chi connectivity index (χ4n) is 2.42. The highest BCUT2D eigenvalue weighted by molar-refractivity contribution is 5.90. The van der Waals surface area contributed by atoms with E-state index in [0.717, 1.165) is 17.7 Å². The SMILES string of the molecule is CCOc1ccc(CCNC(=O)Nc2cc(O)c(O)c(O)c2)cc1OCC. The molecule has 0 heterocycles. The van der Waals surface area contributed by atoms with Gasteiger partial charge in [0.05, 0.1) is 18.9 Å². The van der Waals surface area contributed by atoms with Crippen LogP contribution < -0.4 is 20.1 Å². The highest BCUT2D eigenvalue weighted by atomic mass is 16.5. The average Bonchev–Trinajstić information content (AvgIpc) is 2.62. The Balaban J connectivity index is 1.90. The van der Waals surface area contributed by atoms with Crippen molar-refractivity contribution in [2.75, 3.05) is 25.1 Å². The van der Waals surface area contributed by atoms with Gasteiger partial charge in [-0.3, -0.25) is 0 Å². The van der Waals surface area contributed by atoms with E-state index in [1.807, 2.05) is 32.0 Å². The number of amides is 2. The smallest absolute Gasteiger partial charge is 0.319 e. The minimum Gasteiger partial charge on any atom is -0.504 e. The number of benzene rings is 2. The first-order valence-corrected chi connectivity index (χ1v) is 8.62. The van der Waals surface area contributed by atoms with Crippen molar-refractivity contribution < 1.29 is 29.6 Å². The fraction of sp³-hybridized carbons (Fsp3) is 0.316. The predicted molar refractivity (Wildman–Crippen MR) is 101 cm³/mol. The Labute approximate surface area is 157 Å². The Hall–Kier alpha value is -3.29. The minimum atomic E-state index is -0.637. The van der Waals surface area contributed by atoms with Gasteiger partial charge in [0.25, 0.3) is 0 Å². The summed E-state index contributed by atoms with van der Waals surface area (Å²) in [5.41, 5.74) is 1.13. The predicted octanol–water partition coefficient (Wildman–Crippen LogP) is 2.97. The number of hydrogen-bond acceptors (Lipinski definition) is 6. The Morgan fingerprint density at radius 2 is 1.59 bits per heavy atom. The van der Waals surface area contributed by atoms with Gasteiger partial charge in [-0.1, -0.05) is 6.07 Å². The minimum absolute atomic E-state index is 0.153. The molecule has 146 valence electrons. The van der Waals surface area contributed by atoms with E-state index >= 15 is 0 Å². The third-order valence-corrected chi connectivity index (χ3v) is 3.63. The number of phenols is 3. The summed E-state index contributed by atoms with van der Waals surface area (Å²) in [6, 6.07) is 7.39. The molecular formula is C19H24N2O6. The van der Waals surface area contributed by atoms with Crippen LogP contribution in [0.2, 0.25) is 0 Å². The van der Waals surface area contributed by atoms with Crippen molar-refractivity contribution in [3.63, 3.8) is 0 Å². The van der Waals surface area contributed by atoms with Gasteiger partial charge in [-0.05, 0) is 38.0 Å². The molecule has 0 unspecified atom stereocenters. The van der Waals surface area contributed by atoms with E-state index in [1.165, 1.54) is 0 Å². The molecule has 0 radical (unpaired) electrons. The summed E-state index contributed by atoms with van der Waals surface area (Å²) >= 11 is 0. The summed E-state index contributed by atoms with van der Waals surface area (Å²) in [7, 11) is 0. The number of hydrogen-bond donors (Lipinski definition) is 5. The molecule has 2 aromatic rings. The monoisotopic (exact) mass is 376 g/mol. The van der Waals surface area contributed by atoms with Crippen LogP contribution >= 0.6 is 0 Å². The molecule has 0 saturated heterocycles. The van der Waals surface area contributed by atoms with Crippen LogP contribution in [0.15, 0.2) is 30.3 Å².